The highest BCUT2D eigenvalue weighted by Crippen LogP contribution is 2.46. The third-order valence-electron chi connectivity index (χ3n) is 10.7. The van der Waals surface area contributed by atoms with E-state index in [2.05, 4.69) is 17.5 Å². The van der Waals surface area contributed by atoms with Gasteiger partial charge in [0.1, 0.15) is 29.9 Å². The quantitative estimate of drug-likeness (QED) is 0.205. The lowest BCUT2D eigenvalue weighted by atomic mass is 9.92. The number of anilines is 1. The molecule has 240 valence electrons. The molecule has 0 unspecified atom stereocenters. The fourth-order valence-corrected chi connectivity index (χ4v) is 8.71. The zero-order valence-electron chi connectivity index (χ0n) is 25.5. The summed E-state index contributed by atoms with van der Waals surface area (Å²) in [5.41, 5.74) is 1.55. The van der Waals surface area contributed by atoms with Crippen molar-refractivity contribution in [2.75, 3.05) is 37.7 Å². The molecule has 4 aliphatic rings. The summed E-state index contributed by atoms with van der Waals surface area (Å²) in [6.07, 6.45) is 4.72. The number of benzene rings is 3. The van der Waals surface area contributed by atoms with E-state index in [1.54, 1.807) is 30.3 Å². The standard InChI is InChI=1S/C36H31ClF3N5O2/c1-20(38)35(46)44-14-9-29-30(44)18-45(29)33-24-15-27(40)23(22-6-2-5-21-7-8-26(39)32(37)31(21)22)16-28(24)42-34(25(33)17-41)47-19-36-10-3-12-43(36)13-4-11-36/h2,5-8,15-16,29-30H,1,3-4,9-14,18-19H2/t29-,30-/m1/s1. The number of hydrogen-bond donors (Lipinski definition) is 0. The molecule has 0 saturated carbocycles. The zero-order chi connectivity index (χ0) is 32.6. The maximum Gasteiger partial charge on any atom is 0.282 e. The second-order valence-corrected chi connectivity index (χ2v) is 13.4. The van der Waals surface area contributed by atoms with Crippen molar-refractivity contribution in [3.8, 4) is 23.1 Å². The molecule has 4 fully saturated rings. The van der Waals surface area contributed by atoms with E-state index >= 15 is 4.39 Å². The van der Waals surface area contributed by atoms with Gasteiger partial charge in [0.15, 0.2) is 5.83 Å². The first-order valence-corrected chi connectivity index (χ1v) is 16.3. The van der Waals surface area contributed by atoms with E-state index in [9.17, 15) is 18.8 Å². The summed E-state index contributed by atoms with van der Waals surface area (Å²) in [6, 6.07) is 12.9. The number of carbonyl (C=O) groups excluding carboxylic acids is 1. The lowest BCUT2D eigenvalue weighted by molar-refractivity contribution is -0.130. The van der Waals surface area contributed by atoms with Crippen LogP contribution in [-0.2, 0) is 4.79 Å². The van der Waals surface area contributed by atoms with Gasteiger partial charge < -0.3 is 14.5 Å². The molecule has 7 nitrogen and oxygen atoms in total. The van der Waals surface area contributed by atoms with E-state index in [1.165, 1.54) is 17.0 Å². The molecule has 3 aromatic carbocycles. The number of hydrogen-bond acceptors (Lipinski definition) is 6. The SMILES string of the molecule is C=C(F)C(=O)N1CC[C@@H]2[C@H]1CN2c1c(C#N)c(OCC23CCCN2CCC3)nc2cc(-c3cccc4ccc(F)c(Cl)c34)c(F)cc12. The summed E-state index contributed by atoms with van der Waals surface area (Å²) in [5.74, 6) is -2.79. The number of ether oxygens (including phenoxy) is 1. The molecule has 11 heteroatoms. The van der Waals surface area contributed by atoms with Crippen molar-refractivity contribution < 1.29 is 22.7 Å². The van der Waals surface area contributed by atoms with Gasteiger partial charge in [-0.15, -0.1) is 0 Å². The molecular weight excluding hydrogens is 627 g/mol. The van der Waals surface area contributed by atoms with Crippen molar-refractivity contribution in [2.45, 2.75) is 49.7 Å². The van der Waals surface area contributed by atoms with E-state index in [-0.39, 0.29) is 39.7 Å². The Morgan fingerprint density at radius 3 is 2.62 bits per heavy atom. The normalized spacial score (nSPS) is 21.5. The van der Waals surface area contributed by atoms with Gasteiger partial charge in [-0.1, -0.05) is 42.4 Å². The summed E-state index contributed by atoms with van der Waals surface area (Å²) >= 11 is 6.43. The number of fused-ring (bicyclic) bond motifs is 4. The van der Waals surface area contributed by atoms with E-state index in [4.69, 9.17) is 21.3 Å². The minimum absolute atomic E-state index is 0.102. The van der Waals surface area contributed by atoms with Crippen LogP contribution in [0.3, 0.4) is 0 Å². The van der Waals surface area contributed by atoms with Crippen LogP contribution in [0.2, 0.25) is 5.02 Å². The fourth-order valence-electron chi connectivity index (χ4n) is 8.44. The average molecular weight is 658 g/mol. The van der Waals surface area contributed by atoms with Gasteiger partial charge in [0.05, 0.1) is 33.8 Å². The van der Waals surface area contributed by atoms with Crippen LogP contribution in [0.25, 0.3) is 32.8 Å². The highest BCUT2D eigenvalue weighted by atomic mass is 35.5. The number of amides is 1. The Balaban J connectivity index is 1.27. The fraction of sp³-hybridized carbons (Fsp3) is 0.361. The summed E-state index contributed by atoms with van der Waals surface area (Å²) in [6.45, 7) is 6.25. The molecular formula is C36H31ClF3N5O2. The Morgan fingerprint density at radius 2 is 1.87 bits per heavy atom. The maximum atomic E-state index is 16.3. The number of rotatable bonds is 6. The predicted octanol–water partition coefficient (Wildman–Crippen LogP) is 7.14. The van der Waals surface area contributed by atoms with Gasteiger partial charge in [-0.05, 0) is 74.3 Å². The molecule has 0 aliphatic carbocycles. The number of pyridine rings is 1. The molecule has 0 N–H and O–H groups in total. The number of nitrogens with zero attached hydrogens (tertiary/aromatic N) is 5. The van der Waals surface area contributed by atoms with Gasteiger partial charge in [0.2, 0.25) is 5.88 Å². The van der Waals surface area contributed by atoms with Crippen LogP contribution < -0.4 is 9.64 Å². The van der Waals surface area contributed by atoms with Crippen molar-refractivity contribution in [3.63, 3.8) is 0 Å². The zero-order valence-corrected chi connectivity index (χ0v) is 26.3. The molecule has 0 bridgehead atoms. The van der Waals surface area contributed by atoms with Gasteiger partial charge in [-0.2, -0.15) is 5.26 Å². The Bertz CT molecular complexity index is 2040. The molecule has 4 aromatic rings. The van der Waals surface area contributed by atoms with Crippen LogP contribution in [0.15, 0.2) is 54.9 Å². The first kappa shape index (κ1) is 30.0. The Morgan fingerprint density at radius 1 is 1.09 bits per heavy atom. The van der Waals surface area contributed by atoms with Crippen LogP contribution in [0, 0.1) is 23.0 Å². The van der Waals surface area contributed by atoms with Crippen molar-refractivity contribution in [1.82, 2.24) is 14.8 Å². The smallest absolute Gasteiger partial charge is 0.282 e. The second kappa shape index (κ2) is 11.1. The minimum atomic E-state index is -1.01. The molecule has 4 saturated heterocycles. The highest BCUT2D eigenvalue weighted by molar-refractivity contribution is 6.37. The lowest BCUT2D eigenvalue weighted by Crippen LogP contribution is -2.63. The van der Waals surface area contributed by atoms with E-state index < -0.39 is 23.4 Å². The van der Waals surface area contributed by atoms with E-state index in [0.29, 0.717) is 59.0 Å². The molecule has 1 amide bonds. The minimum Gasteiger partial charge on any atom is -0.475 e. The molecule has 0 spiro atoms. The van der Waals surface area contributed by atoms with E-state index in [0.717, 1.165) is 38.8 Å². The van der Waals surface area contributed by atoms with Gasteiger partial charge in [0.25, 0.3) is 5.91 Å². The molecule has 5 heterocycles. The third kappa shape index (κ3) is 4.58. The Hall–Kier alpha value is -4.33. The first-order valence-electron chi connectivity index (χ1n) is 15.9. The highest BCUT2D eigenvalue weighted by Gasteiger charge is 2.51. The first-order chi connectivity index (χ1) is 22.7. The van der Waals surface area contributed by atoms with Gasteiger partial charge in [-0.25, -0.2) is 18.2 Å². The molecule has 1 aromatic heterocycles. The third-order valence-corrected chi connectivity index (χ3v) is 11.1. The Labute approximate surface area is 274 Å². The van der Waals surface area contributed by atoms with Crippen LogP contribution in [0.1, 0.15) is 37.7 Å². The van der Waals surface area contributed by atoms with Crippen LogP contribution in [0.4, 0.5) is 18.9 Å². The van der Waals surface area contributed by atoms with Gasteiger partial charge >= 0.3 is 0 Å². The summed E-state index contributed by atoms with van der Waals surface area (Å²) in [4.78, 5) is 23.2. The summed E-state index contributed by atoms with van der Waals surface area (Å²) in [7, 11) is 0. The van der Waals surface area contributed by atoms with Crippen LogP contribution in [0.5, 0.6) is 5.88 Å². The summed E-state index contributed by atoms with van der Waals surface area (Å²) in [5, 5.41) is 11.9. The van der Waals surface area contributed by atoms with Crippen molar-refractivity contribution in [2.24, 2.45) is 0 Å². The van der Waals surface area contributed by atoms with E-state index in [1.807, 2.05) is 4.90 Å². The lowest BCUT2D eigenvalue weighted by Gasteiger charge is -2.48. The largest absolute Gasteiger partial charge is 0.475 e. The maximum absolute atomic E-state index is 16.3. The summed E-state index contributed by atoms with van der Waals surface area (Å²) < 4.78 is 51.2. The molecule has 0 radical (unpaired) electrons. The topological polar surface area (TPSA) is 72.7 Å². The van der Waals surface area contributed by atoms with Crippen molar-refractivity contribution in [3.05, 3.63) is 77.1 Å². The number of halogens is 4. The Kier molecular flexibility index (Phi) is 7.12. The average Bonchev–Trinajstić information content (AvgIpc) is 3.73. The van der Waals surface area contributed by atoms with Crippen LogP contribution >= 0.6 is 11.6 Å². The number of aromatic nitrogens is 1. The second-order valence-electron chi connectivity index (χ2n) is 13.1. The molecule has 4 aliphatic heterocycles. The predicted molar refractivity (Wildman–Crippen MR) is 174 cm³/mol. The van der Waals surface area contributed by atoms with Crippen molar-refractivity contribution >= 4 is 44.9 Å². The van der Waals surface area contributed by atoms with Gasteiger partial charge in [0, 0.05) is 29.4 Å². The number of carbonyl (C=O) groups is 1. The number of likely N-dealkylation sites (tertiary alicyclic amines) is 1. The molecule has 2 atom stereocenters. The molecule has 8 rings (SSSR count). The van der Waals surface area contributed by atoms with Crippen LogP contribution in [-0.4, -0.2) is 71.1 Å². The monoisotopic (exact) mass is 657 g/mol. The number of nitriles is 1. The van der Waals surface area contributed by atoms with Crippen molar-refractivity contribution in [1.29, 1.82) is 5.26 Å². The molecule has 47 heavy (non-hydrogen) atoms. The van der Waals surface area contributed by atoms with Gasteiger partial charge in [-0.3, -0.25) is 9.69 Å².